The first-order valence-electron chi connectivity index (χ1n) is 13.2. The van der Waals surface area contributed by atoms with E-state index in [-0.39, 0.29) is 23.4 Å². The summed E-state index contributed by atoms with van der Waals surface area (Å²) in [4.78, 5) is 41.9. The van der Waals surface area contributed by atoms with E-state index >= 15 is 0 Å². The molecule has 1 atom stereocenters. The van der Waals surface area contributed by atoms with Crippen molar-refractivity contribution in [2.24, 2.45) is 5.92 Å². The van der Waals surface area contributed by atoms with Crippen LogP contribution >= 0.6 is 11.6 Å². The van der Waals surface area contributed by atoms with Gasteiger partial charge in [0.25, 0.3) is 5.91 Å². The van der Waals surface area contributed by atoms with E-state index < -0.39 is 12.0 Å². The molecule has 0 bridgehead atoms. The first kappa shape index (κ1) is 27.3. The van der Waals surface area contributed by atoms with Crippen LogP contribution in [0.15, 0.2) is 90.1 Å². The van der Waals surface area contributed by atoms with Crippen LogP contribution in [-0.4, -0.2) is 52.4 Å². The molecule has 5 rings (SSSR count). The Balaban J connectivity index is 1.24. The normalized spacial score (nSPS) is 17.9. The van der Waals surface area contributed by atoms with Crippen LogP contribution in [0.2, 0.25) is 5.02 Å². The van der Waals surface area contributed by atoms with Gasteiger partial charge in [0.1, 0.15) is 11.5 Å². The topological polar surface area (TPSA) is 99.2 Å². The largest absolute Gasteiger partial charge is 0.478 e. The van der Waals surface area contributed by atoms with Crippen LogP contribution in [0.25, 0.3) is 0 Å². The number of carbonyl (C=O) groups is 3. The Labute approximate surface area is 237 Å². The average Bonchev–Trinajstić information content (AvgIpc) is 2.95. The van der Waals surface area contributed by atoms with Crippen LogP contribution in [-0.2, 0) is 4.79 Å². The number of nitrogens with zero attached hydrogens (tertiary/aromatic N) is 2. The molecule has 1 unspecified atom stereocenters. The minimum absolute atomic E-state index is 0.0519. The third-order valence-electron chi connectivity index (χ3n) is 7.38. The van der Waals surface area contributed by atoms with Gasteiger partial charge in [-0.2, -0.15) is 0 Å². The second-order valence-corrected chi connectivity index (χ2v) is 10.5. The fourth-order valence-corrected chi connectivity index (χ4v) is 5.53. The SMILES string of the molecule is CC1=C(C(=O)O)C(c2cccc(Cl)c2)N(CC2CCN(C(=O)c3ccc(Oc4ccccc4)cc3)CC2)C(=O)N1. The van der Waals surface area contributed by atoms with E-state index in [9.17, 15) is 19.5 Å². The van der Waals surface area contributed by atoms with Crippen LogP contribution in [0.1, 0.15) is 41.7 Å². The van der Waals surface area contributed by atoms with Crippen molar-refractivity contribution >= 4 is 29.5 Å². The van der Waals surface area contributed by atoms with Gasteiger partial charge in [-0.1, -0.05) is 41.9 Å². The van der Waals surface area contributed by atoms with Gasteiger partial charge in [0.2, 0.25) is 0 Å². The number of halogens is 1. The lowest BCUT2D eigenvalue weighted by atomic mass is 9.90. The molecule has 2 N–H and O–H groups in total. The third kappa shape index (κ3) is 5.97. The molecule has 206 valence electrons. The highest BCUT2D eigenvalue weighted by atomic mass is 35.5. The third-order valence-corrected chi connectivity index (χ3v) is 7.61. The highest BCUT2D eigenvalue weighted by Gasteiger charge is 2.39. The molecule has 2 heterocycles. The Morgan fingerprint density at radius 3 is 2.30 bits per heavy atom. The molecular weight excluding hydrogens is 530 g/mol. The molecule has 3 amide bonds. The smallest absolute Gasteiger partial charge is 0.335 e. The minimum Gasteiger partial charge on any atom is -0.478 e. The van der Waals surface area contributed by atoms with E-state index in [0.717, 1.165) is 5.75 Å². The van der Waals surface area contributed by atoms with E-state index in [1.807, 2.05) is 35.2 Å². The number of piperidine rings is 1. The number of ether oxygens (including phenoxy) is 1. The van der Waals surface area contributed by atoms with Crippen molar-refractivity contribution in [3.8, 4) is 11.5 Å². The number of nitrogens with one attached hydrogen (secondary N) is 1. The molecule has 3 aromatic rings. The van der Waals surface area contributed by atoms with Crippen LogP contribution in [0.3, 0.4) is 0 Å². The van der Waals surface area contributed by atoms with Crippen molar-refractivity contribution in [3.05, 3.63) is 106 Å². The van der Waals surface area contributed by atoms with Crippen LogP contribution in [0, 0.1) is 5.92 Å². The first-order valence-corrected chi connectivity index (χ1v) is 13.6. The number of amides is 3. The second-order valence-electron chi connectivity index (χ2n) is 10.1. The lowest BCUT2D eigenvalue weighted by Gasteiger charge is -2.41. The zero-order chi connectivity index (χ0) is 28.2. The predicted molar refractivity (Wildman–Crippen MR) is 151 cm³/mol. The number of rotatable bonds is 7. The molecule has 0 aliphatic carbocycles. The van der Waals surface area contributed by atoms with Gasteiger partial charge >= 0.3 is 12.0 Å². The highest BCUT2D eigenvalue weighted by molar-refractivity contribution is 6.30. The Bertz CT molecular complexity index is 1430. The summed E-state index contributed by atoms with van der Waals surface area (Å²) in [7, 11) is 0. The number of aliphatic carboxylic acids is 1. The van der Waals surface area contributed by atoms with Gasteiger partial charge in [-0.3, -0.25) is 4.79 Å². The highest BCUT2D eigenvalue weighted by Crippen LogP contribution is 2.36. The summed E-state index contributed by atoms with van der Waals surface area (Å²) in [5.41, 5.74) is 1.67. The van der Waals surface area contributed by atoms with E-state index in [1.165, 1.54) is 0 Å². The number of carboxylic acids is 1. The number of carbonyl (C=O) groups excluding carboxylic acids is 2. The summed E-state index contributed by atoms with van der Waals surface area (Å²) >= 11 is 6.22. The van der Waals surface area contributed by atoms with Crippen molar-refractivity contribution < 1.29 is 24.2 Å². The van der Waals surface area contributed by atoms with Gasteiger partial charge in [0.05, 0.1) is 11.6 Å². The molecule has 0 aromatic heterocycles. The number of carboxylic acid groups (broad SMARTS) is 1. The molecule has 2 aliphatic rings. The van der Waals surface area contributed by atoms with Crippen molar-refractivity contribution in [2.45, 2.75) is 25.8 Å². The summed E-state index contributed by atoms with van der Waals surface area (Å²) in [5, 5.41) is 13.2. The second kappa shape index (κ2) is 11.8. The van der Waals surface area contributed by atoms with Crippen molar-refractivity contribution in [2.75, 3.05) is 19.6 Å². The number of urea groups is 1. The zero-order valence-corrected chi connectivity index (χ0v) is 22.8. The van der Waals surface area contributed by atoms with Crippen LogP contribution in [0.4, 0.5) is 4.79 Å². The quantitative estimate of drug-likeness (QED) is 0.364. The number of hydrogen-bond acceptors (Lipinski definition) is 4. The molecule has 1 saturated heterocycles. The van der Waals surface area contributed by atoms with Gasteiger partial charge in [0, 0.05) is 35.9 Å². The molecular formula is C31H30ClN3O5. The standard InChI is InChI=1S/C31H30ClN3O5/c1-20-27(30(37)38)28(23-6-5-7-24(32)18-23)35(31(39)33-20)19-21-14-16-34(17-15-21)29(36)22-10-12-26(13-11-22)40-25-8-3-2-4-9-25/h2-13,18,21,28H,14-17,19H2,1H3,(H,33,39)(H,37,38). The van der Waals surface area contributed by atoms with Crippen LogP contribution < -0.4 is 10.1 Å². The number of likely N-dealkylation sites (tertiary alicyclic amines) is 1. The van der Waals surface area contributed by atoms with E-state index in [1.54, 1.807) is 60.4 Å². The lowest BCUT2D eigenvalue weighted by molar-refractivity contribution is -0.133. The Kier molecular flexibility index (Phi) is 8.07. The molecule has 40 heavy (non-hydrogen) atoms. The number of benzene rings is 3. The Morgan fingerprint density at radius 1 is 0.975 bits per heavy atom. The van der Waals surface area contributed by atoms with Crippen molar-refractivity contribution in [3.63, 3.8) is 0 Å². The van der Waals surface area contributed by atoms with Gasteiger partial charge in [-0.15, -0.1) is 0 Å². The monoisotopic (exact) mass is 559 g/mol. The molecule has 0 radical (unpaired) electrons. The number of allylic oxidation sites excluding steroid dienone is 1. The predicted octanol–water partition coefficient (Wildman–Crippen LogP) is 6.11. The minimum atomic E-state index is -1.09. The Hall–Kier alpha value is -4.30. The van der Waals surface area contributed by atoms with Gasteiger partial charge in [-0.05, 0) is 79.8 Å². The number of hydrogen-bond donors (Lipinski definition) is 2. The van der Waals surface area contributed by atoms with E-state index in [0.29, 0.717) is 60.1 Å². The van der Waals surface area contributed by atoms with Gasteiger partial charge in [0.15, 0.2) is 0 Å². The first-order chi connectivity index (χ1) is 19.3. The summed E-state index contributed by atoms with van der Waals surface area (Å²) < 4.78 is 5.82. The summed E-state index contributed by atoms with van der Waals surface area (Å²) in [6.45, 7) is 3.05. The molecule has 1 fully saturated rings. The molecule has 3 aromatic carbocycles. The summed E-state index contributed by atoms with van der Waals surface area (Å²) in [6.07, 6.45) is 1.39. The van der Waals surface area contributed by atoms with Crippen molar-refractivity contribution in [1.82, 2.24) is 15.1 Å². The molecule has 2 aliphatic heterocycles. The van der Waals surface area contributed by atoms with Crippen molar-refractivity contribution in [1.29, 1.82) is 0 Å². The molecule has 0 spiro atoms. The summed E-state index contributed by atoms with van der Waals surface area (Å²) in [5.74, 6) is 0.342. The van der Waals surface area contributed by atoms with E-state index in [2.05, 4.69) is 5.32 Å². The fourth-order valence-electron chi connectivity index (χ4n) is 5.34. The maximum atomic E-state index is 13.2. The van der Waals surface area contributed by atoms with E-state index in [4.69, 9.17) is 16.3 Å². The van der Waals surface area contributed by atoms with Gasteiger partial charge < -0.3 is 25.0 Å². The zero-order valence-electron chi connectivity index (χ0n) is 22.0. The maximum absolute atomic E-state index is 13.2. The fraction of sp³-hybridized carbons (Fsp3) is 0.258. The summed E-state index contributed by atoms with van der Waals surface area (Å²) in [6, 6.07) is 22.4. The number of para-hydroxylation sites is 1. The molecule has 8 nitrogen and oxygen atoms in total. The van der Waals surface area contributed by atoms with Crippen LogP contribution in [0.5, 0.6) is 11.5 Å². The lowest BCUT2D eigenvalue weighted by Crippen LogP contribution is -2.51. The maximum Gasteiger partial charge on any atom is 0.335 e. The molecule has 0 saturated carbocycles. The average molecular weight is 560 g/mol. The molecule has 9 heteroatoms. The van der Waals surface area contributed by atoms with Gasteiger partial charge in [-0.25, -0.2) is 9.59 Å². The Morgan fingerprint density at radius 2 is 1.65 bits per heavy atom.